The lowest BCUT2D eigenvalue weighted by Crippen LogP contribution is -2.29. The summed E-state index contributed by atoms with van der Waals surface area (Å²) in [6.07, 6.45) is 0.621. The maximum absolute atomic E-state index is 10.9. The summed E-state index contributed by atoms with van der Waals surface area (Å²) < 4.78 is 0. The summed E-state index contributed by atoms with van der Waals surface area (Å²) in [5, 5.41) is 31.6. The summed E-state index contributed by atoms with van der Waals surface area (Å²) in [4.78, 5) is 14.6. The van der Waals surface area contributed by atoms with Crippen LogP contribution in [0.1, 0.15) is 16.8 Å². The van der Waals surface area contributed by atoms with E-state index in [0.29, 0.717) is 23.4 Å². The van der Waals surface area contributed by atoms with E-state index in [1.165, 1.54) is 6.20 Å². The van der Waals surface area contributed by atoms with Crippen LogP contribution in [0.2, 0.25) is 0 Å². The normalized spacial score (nSPS) is 12.4. The van der Waals surface area contributed by atoms with Crippen molar-refractivity contribution in [2.75, 3.05) is 13.2 Å². The van der Waals surface area contributed by atoms with Crippen molar-refractivity contribution in [2.24, 2.45) is 0 Å². The number of aliphatic hydroxyl groups is 2. The molecule has 7 nitrogen and oxygen atoms in total. The zero-order chi connectivity index (χ0) is 13.7. The molecule has 0 aliphatic rings. The molecular formula is C11H17N3O4. The predicted molar refractivity (Wildman–Crippen MR) is 65.2 cm³/mol. The molecular weight excluding hydrogens is 238 g/mol. The van der Waals surface area contributed by atoms with Gasteiger partial charge in [-0.05, 0) is 13.8 Å². The molecule has 1 unspecified atom stereocenters. The Hall–Kier alpha value is -1.57. The standard InChI is InChI=1S/C11H17N3O4/c1-7-3-13-10(5-12-4-9(16)6-15)8(2)11(7)14(17)18/h3,9,12,15-16H,4-6H2,1-2H3. The largest absolute Gasteiger partial charge is 0.394 e. The Bertz CT molecular complexity index is 437. The third-order valence-electron chi connectivity index (χ3n) is 2.64. The van der Waals surface area contributed by atoms with Crippen molar-refractivity contribution in [2.45, 2.75) is 26.5 Å². The van der Waals surface area contributed by atoms with Crippen molar-refractivity contribution >= 4 is 5.69 Å². The Morgan fingerprint density at radius 3 is 2.78 bits per heavy atom. The van der Waals surface area contributed by atoms with Gasteiger partial charge >= 0.3 is 0 Å². The van der Waals surface area contributed by atoms with Gasteiger partial charge in [-0.15, -0.1) is 0 Å². The highest BCUT2D eigenvalue weighted by Crippen LogP contribution is 2.23. The second-order valence-corrected chi connectivity index (χ2v) is 4.09. The summed E-state index contributed by atoms with van der Waals surface area (Å²) in [7, 11) is 0. The Morgan fingerprint density at radius 2 is 2.22 bits per heavy atom. The van der Waals surface area contributed by atoms with Crippen LogP contribution in [0.25, 0.3) is 0 Å². The minimum atomic E-state index is -0.842. The second kappa shape index (κ2) is 6.39. The van der Waals surface area contributed by atoms with E-state index in [9.17, 15) is 10.1 Å². The molecule has 0 aliphatic carbocycles. The van der Waals surface area contributed by atoms with Gasteiger partial charge in [-0.2, -0.15) is 0 Å². The van der Waals surface area contributed by atoms with E-state index in [1.807, 2.05) is 0 Å². The van der Waals surface area contributed by atoms with Gasteiger partial charge in [0.1, 0.15) is 0 Å². The highest BCUT2D eigenvalue weighted by atomic mass is 16.6. The summed E-state index contributed by atoms with van der Waals surface area (Å²) in [5.74, 6) is 0. The van der Waals surface area contributed by atoms with Crippen LogP contribution in [0.5, 0.6) is 0 Å². The first-order valence-corrected chi connectivity index (χ1v) is 5.56. The molecule has 0 spiro atoms. The lowest BCUT2D eigenvalue weighted by molar-refractivity contribution is -0.386. The average molecular weight is 255 g/mol. The Balaban J connectivity index is 2.79. The summed E-state index contributed by atoms with van der Waals surface area (Å²) in [6, 6.07) is 0. The van der Waals surface area contributed by atoms with E-state index in [4.69, 9.17) is 10.2 Å². The van der Waals surface area contributed by atoms with Gasteiger partial charge in [0.25, 0.3) is 5.69 Å². The molecule has 1 atom stereocenters. The topological polar surface area (TPSA) is 109 Å². The third kappa shape index (κ3) is 3.46. The van der Waals surface area contributed by atoms with E-state index in [-0.39, 0.29) is 18.8 Å². The molecule has 0 saturated carbocycles. The van der Waals surface area contributed by atoms with E-state index in [0.717, 1.165) is 0 Å². The first kappa shape index (κ1) is 14.5. The number of nitro groups is 1. The van der Waals surface area contributed by atoms with E-state index < -0.39 is 11.0 Å². The van der Waals surface area contributed by atoms with Gasteiger partial charge < -0.3 is 15.5 Å². The van der Waals surface area contributed by atoms with E-state index >= 15 is 0 Å². The van der Waals surface area contributed by atoms with Crippen molar-refractivity contribution in [1.82, 2.24) is 10.3 Å². The molecule has 100 valence electrons. The van der Waals surface area contributed by atoms with Gasteiger partial charge in [-0.1, -0.05) is 0 Å². The minimum Gasteiger partial charge on any atom is -0.394 e. The zero-order valence-corrected chi connectivity index (χ0v) is 10.4. The molecule has 1 aromatic rings. The van der Waals surface area contributed by atoms with Crippen molar-refractivity contribution in [3.63, 3.8) is 0 Å². The second-order valence-electron chi connectivity index (χ2n) is 4.09. The number of aromatic nitrogens is 1. The van der Waals surface area contributed by atoms with Crippen molar-refractivity contribution in [3.8, 4) is 0 Å². The number of rotatable bonds is 6. The highest BCUT2D eigenvalue weighted by Gasteiger charge is 2.18. The Labute approximate surface area is 105 Å². The van der Waals surface area contributed by atoms with Crippen LogP contribution in [0, 0.1) is 24.0 Å². The Morgan fingerprint density at radius 1 is 1.56 bits per heavy atom. The lowest BCUT2D eigenvalue weighted by Gasteiger charge is -2.10. The van der Waals surface area contributed by atoms with Crippen LogP contribution in [0.4, 0.5) is 5.69 Å². The zero-order valence-electron chi connectivity index (χ0n) is 10.4. The molecule has 1 aromatic heterocycles. The van der Waals surface area contributed by atoms with Gasteiger partial charge in [-0.25, -0.2) is 0 Å². The number of aliphatic hydroxyl groups excluding tert-OH is 2. The van der Waals surface area contributed by atoms with Crippen LogP contribution in [0.15, 0.2) is 6.20 Å². The number of nitrogens with one attached hydrogen (secondary N) is 1. The summed E-state index contributed by atoms with van der Waals surface area (Å²) >= 11 is 0. The molecule has 1 rings (SSSR count). The molecule has 3 N–H and O–H groups in total. The van der Waals surface area contributed by atoms with Crippen LogP contribution in [0.3, 0.4) is 0 Å². The third-order valence-corrected chi connectivity index (χ3v) is 2.64. The number of hydrogen-bond donors (Lipinski definition) is 3. The minimum absolute atomic E-state index is 0.0736. The SMILES string of the molecule is Cc1cnc(CNCC(O)CO)c(C)c1[N+](=O)[O-]. The molecule has 18 heavy (non-hydrogen) atoms. The summed E-state index contributed by atoms with van der Waals surface area (Å²) in [6.45, 7) is 3.49. The van der Waals surface area contributed by atoms with Gasteiger partial charge in [0.2, 0.25) is 0 Å². The summed E-state index contributed by atoms with van der Waals surface area (Å²) in [5.41, 5.74) is 1.68. The van der Waals surface area contributed by atoms with Gasteiger partial charge in [0.15, 0.2) is 0 Å². The van der Waals surface area contributed by atoms with Gasteiger partial charge in [0, 0.05) is 30.4 Å². The number of aryl methyl sites for hydroxylation is 1. The smallest absolute Gasteiger partial charge is 0.278 e. The lowest BCUT2D eigenvalue weighted by atomic mass is 10.1. The van der Waals surface area contributed by atoms with E-state index in [2.05, 4.69) is 10.3 Å². The highest BCUT2D eigenvalue weighted by molar-refractivity contribution is 5.47. The maximum Gasteiger partial charge on any atom is 0.278 e. The molecule has 0 radical (unpaired) electrons. The monoisotopic (exact) mass is 255 g/mol. The molecule has 0 aliphatic heterocycles. The van der Waals surface area contributed by atoms with E-state index in [1.54, 1.807) is 13.8 Å². The molecule has 0 fully saturated rings. The van der Waals surface area contributed by atoms with Crippen LogP contribution >= 0.6 is 0 Å². The molecule has 7 heteroatoms. The fourth-order valence-corrected chi connectivity index (χ4v) is 1.65. The van der Waals surface area contributed by atoms with Gasteiger partial charge in [-0.3, -0.25) is 15.1 Å². The van der Waals surface area contributed by atoms with Crippen LogP contribution in [-0.2, 0) is 6.54 Å². The predicted octanol–water partition coefficient (Wildman–Crippen LogP) is 0.0494. The molecule has 0 saturated heterocycles. The van der Waals surface area contributed by atoms with Gasteiger partial charge in [0.05, 0.1) is 23.3 Å². The number of pyridine rings is 1. The van der Waals surface area contributed by atoms with Crippen LogP contribution in [-0.4, -0.2) is 39.4 Å². The quantitative estimate of drug-likeness (QED) is 0.489. The fourth-order valence-electron chi connectivity index (χ4n) is 1.65. The molecule has 1 heterocycles. The average Bonchev–Trinajstić information content (AvgIpc) is 2.31. The van der Waals surface area contributed by atoms with Crippen molar-refractivity contribution < 1.29 is 15.1 Å². The van der Waals surface area contributed by atoms with Crippen molar-refractivity contribution in [1.29, 1.82) is 0 Å². The number of hydrogen-bond acceptors (Lipinski definition) is 6. The van der Waals surface area contributed by atoms with Crippen LogP contribution < -0.4 is 5.32 Å². The molecule has 0 amide bonds. The van der Waals surface area contributed by atoms with Crippen molar-refractivity contribution in [3.05, 3.63) is 33.1 Å². The molecule has 0 bridgehead atoms. The first-order chi connectivity index (χ1) is 8.47. The maximum atomic E-state index is 10.9. The fraction of sp³-hybridized carbons (Fsp3) is 0.545. The number of nitrogens with zero attached hydrogens (tertiary/aromatic N) is 2. The Kier molecular flexibility index (Phi) is 5.14. The molecule has 0 aromatic carbocycles. The first-order valence-electron chi connectivity index (χ1n) is 5.56.